The fourth-order valence-corrected chi connectivity index (χ4v) is 5.61. The van der Waals surface area contributed by atoms with Crippen LogP contribution in [0.1, 0.15) is 47.2 Å². The summed E-state index contributed by atoms with van der Waals surface area (Å²) in [6.45, 7) is 8.62. The maximum Gasteiger partial charge on any atom is 0.301 e. The molecular formula is C30H28N2O4S. The molecule has 0 spiro atoms. The number of rotatable bonds is 6. The van der Waals surface area contributed by atoms with Crippen molar-refractivity contribution in [1.82, 2.24) is 4.98 Å². The molecule has 0 bridgehead atoms. The van der Waals surface area contributed by atoms with Crippen molar-refractivity contribution in [1.29, 1.82) is 0 Å². The zero-order chi connectivity index (χ0) is 26.3. The third-order valence-corrected chi connectivity index (χ3v) is 7.62. The minimum atomic E-state index is -0.807. The lowest BCUT2D eigenvalue weighted by Gasteiger charge is -2.23. The highest BCUT2D eigenvalue weighted by Gasteiger charge is 2.48. The molecule has 1 unspecified atom stereocenters. The number of aliphatic hydroxyl groups excluding tert-OH is 1. The summed E-state index contributed by atoms with van der Waals surface area (Å²) in [4.78, 5) is 33.1. The zero-order valence-electron chi connectivity index (χ0n) is 21.2. The lowest BCUT2D eigenvalue weighted by molar-refractivity contribution is -0.132. The van der Waals surface area contributed by atoms with Crippen molar-refractivity contribution >= 4 is 44.1 Å². The maximum atomic E-state index is 13.5. The minimum Gasteiger partial charge on any atom is -0.507 e. The largest absolute Gasteiger partial charge is 0.507 e. The lowest BCUT2D eigenvalue weighted by Crippen LogP contribution is -2.29. The highest BCUT2D eigenvalue weighted by atomic mass is 32.1. The summed E-state index contributed by atoms with van der Waals surface area (Å²) in [6.07, 6.45) is 0.882. The van der Waals surface area contributed by atoms with Crippen molar-refractivity contribution in [2.24, 2.45) is 0 Å². The Morgan fingerprint density at radius 3 is 2.46 bits per heavy atom. The second kappa shape index (κ2) is 9.82. The quantitative estimate of drug-likeness (QED) is 0.178. The van der Waals surface area contributed by atoms with E-state index in [0.29, 0.717) is 23.1 Å². The number of carbonyl (C=O) groups is 2. The Hall–Kier alpha value is -3.97. The number of hydrogen-bond acceptors (Lipinski definition) is 6. The fraction of sp³-hybridized carbons (Fsp3) is 0.233. The highest BCUT2D eigenvalue weighted by molar-refractivity contribution is 7.22. The van der Waals surface area contributed by atoms with Crippen LogP contribution in [0.25, 0.3) is 16.0 Å². The summed E-state index contributed by atoms with van der Waals surface area (Å²) in [5.41, 5.74) is 5.21. The molecule has 3 aromatic carbocycles. The average molecular weight is 513 g/mol. The molecule has 0 saturated carbocycles. The summed E-state index contributed by atoms with van der Waals surface area (Å²) >= 11 is 1.37. The number of ether oxygens (including phenoxy) is 1. The van der Waals surface area contributed by atoms with Crippen LogP contribution in [0.3, 0.4) is 0 Å². The van der Waals surface area contributed by atoms with Crippen molar-refractivity contribution in [3.8, 4) is 5.75 Å². The summed E-state index contributed by atoms with van der Waals surface area (Å²) in [5.74, 6) is -0.985. The molecule has 1 aliphatic rings. The summed E-state index contributed by atoms with van der Waals surface area (Å²) in [7, 11) is 0. The van der Waals surface area contributed by atoms with E-state index in [0.717, 1.165) is 38.9 Å². The Morgan fingerprint density at radius 2 is 1.76 bits per heavy atom. The van der Waals surface area contributed by atoms with Crippen LogP contribution in [0.4, 0.5) is 5.13 Å². The van der Waals surface area contributed by atoms with Crippen LogP contribution in [-0.4, -0.2) is 28.4 Å². The Morgan fingerprint density at radius 1 is 1.03 bits per heavy atom. The van der Waals surface area contributed by atoms with Gasteiger partial charge in [-0.15, -0.1) is 0 Å². The van der Waals surface area contributed by atoms with E-state index < -0.39 is 17.7 Å². The van der Waals surface area contributed by atoms with Crippen LogP contribution in [0.15, 0.2) is 66.2 Å². The van der Waals surface area contributed by atoms with Gasteiger partial charge in [0.05, 0.1) is 28.4 Å². The van der Waals surface area contributed by atoms with Crippen molar-refractivity contribution in [3.63, 3.8) is 0 Å². The summed E-state index contributed by atoms with van der Waals surface area (Å²) in [6, 6.07) is 17.8. The van der Waals surface area contributed by atoms with Crippen molar-refractivity contribution in [3.05, 3.63) is 94.1 Å². The number of Topliss-reactive ketones (excluding diaryl/α,β-unsaturated/α-hetero) is 1. The summed E-state index contributed by atoms with van der Waals surface area (Å²) in [5, 5.41) is 11.8. The number of amides is 1. The van der Waals surface area contributed by atoms with Gasteiger partial charge in [0.25, 0.3) is 5.78 Å². The molecule has 1 fully saturated rings. The second-order valence-electron chi connectivity index (χ2n) is 9.36. The Labute approximate surface area is 219 Å². The first-order valence-corrected chi connectivity index (χ1v) is 13.1. The third-order valence-electron chi connectivity index (χ3n) is 6.60. The van der Waals surface area contributed by atoms with E-state index in [9.17, 15) is 14.7 Å². The monoisotopic (exact) mass is 512 g/mol. The molecule has 5 rings (SSSR count). The highest BCUT2D eigenvalue weighted by Crippen LogP contribution is 2.44. The molecule has 1 aromatic heterocycles. The van der Waals surface area contributed by atoms with E-state index in [1.165, 1.54) is 16.2 Å². The maximum absolute atomic E-state index is 13.5. The molecule has 1 saturated heterocycles. The number of aryl methyl sites for hydroxylation is 3. The van der Waals surface area contributed by atoms with Gasteiger partial charge in [0.2, 0.25) is 0 Å². The molecular weight excluding hydrogens is 484 g/mol. The van der Waals surface area contributed by atoms with Crippen LogP contribution >= 0.6 is 11.3 Å². The van der Waals surface area contributed by atoms with Crippen molar-refractivity contribution in [2.45, 2.75) is 40.2 Å². The number of hydrogen-bond donors (Lipinski definition) is 1. The number of aromatic nitrogens is 1. The van der Waals surface area contributed by atoms with E-state index in [1.54, 1.807) is 24.3 Å². The zero-order valence-corrected chi connectivity index (χ0v) is 22.1. The van der Waals surface area contributed by atoms with Gasteiger partial charge in [-0.1, -0.05) is 48.1 Å². The normalized spacial score (nSPS) is 17.1. The molecule has 0 radical (unpaired) electrons. The second-order valence-corrected chi connectivity index (χ2v) is 10.4. The summed E-state index contributed by atoms with van der Waals surface area (Å²) < 4.78 is 6.58. The predicted molar refractivity (Wildman–Crippen MR) is 147 cm³/mol. The third kappa shape index (κ3) is 4.51. The van der Waals surface area contributed by atoms with Gasteiger partial charge in [-0.05, 0) is 80.3 Å². The van der Waals surface area contributed by atoms with Crippen molar-refractivity contribution in [2.75, 3.05) is 11.5 Å². The standard InChI is InChI=1S/C30H28N2O4S/c1-5-13-36-22-11-9-20(10-12-22)27(33)25-26(21-8-6-7-17(2)14-21)32(29(35)28(25)34)30-31-23-15-18(3)19(4)16-24(23)37-30/h6-12,14-16,26,33H,5,13H2,1-4H3/b27-25+. The molecule has 4 aromatic rings. The van der Waals surface area contributed by atoms with Gasteiger partial charge in [-0.3, -0.25) is 14.5 Å². The van der Waals surface area contributed by atoms with Crippen LogP contribution in [0.2, 0.25) is 0 Å². The number of fused-ring (bicyclic) bond motifs is 1. The minimum absolute atomic E-state index is 0.0458. The van der Waals surface area contributed by atoms with Gasteiger partial charge >= 0.3 is 5.91 Å². The Balaban J connectivity index is 1.66. The number of ketones is 1. The van der Waals surface area contributed by atoms with E-state index >= 15 is 0 Å². The van der Waals surface area contributed by atoms with Crippen LogP contribution in [-0.2, 0) is 9.59 Å². The first-order chi connectivity index (χ1) is 17.8. The number of aliphatic hydroxyl groups is 1. The number of carbonyl (C=O) groups excluding carboxylic acids is 2. The molecule has 1 amide bonds. The van der Waals surface area contributed by atoms with Gasteiger partial charge in [-0.2, -0.15) is 0 Å². The van der Waals surface area contributed by atoms with Crippen LogP contribution in [0, 0.1) is 20.8 Å². The fourth-order valence-electron chi connectivity index (χ4n) is 4.54. The van der Waals surface area contributed by atoms with Crippen LogP contribution in [0.5, 0.6) is 5.75 Å². The molecule has 2 heterocycles. The number of anilines is 1. The topological polar surface area (TPSA) is 79.7 Å². The Kier molecular flexibility index (Phi) is 6.56. The van der Waals surface area contributed by atoms with E-state index in [2.05, 4.69) is 0 Å². The van der Waals surface area contributed by atoms with E-state index in [1.807, 2.05) is 64.1 Å². The predicted octanol–water partition coefficient (Wildman–Crippen LogP) is 6.64. The smallest absolute Gasteiger partial charge is 0.301 e. The van der Waals surface area contributed by atoms with Gasteiger partial charge in [0, 0.05) is 5.56 Å². The SMILES string of the molecule is CCCOc1ccc(/C(O)=C2\C(=O)C(=O)N(c3nc4cc(C)c(C)cc4s3)C2c2cccc(C)c2)cc1. The van der Waals surface area contributed by atoms with Gasteiger partial charge in [-0.25, -0.2) is 4.98 Å². The van der Waals surface area contributed by atoms with Gasteiger partial charge in [0.1, 0.15) is 11.5 Å². The molecule has 6 nitrogen and oxygen atoms in total. The first kappa shape index (κ1) is 24.7. The number of benzene rings is 3. The van der Waals surface area contributed by atoms with E-state index in [4.69, 9.17) is 9.72 Å². The molecule has 37 heavy (non-hydrogen) atoms. The number of thiazole rings is 1. The average Bonchev–Trinajstić information content (AvgIpc) is 3.40. The molecule has 1 N–H and O–H groups in total. The first-order valence-electron chi connectivity index (χ1n) is 12.3. The van der Waals surface area contributed by atoms with E-state index in [-0.39, 0.29) is 11.3 Å². The van der Waals surface area contributed by atoms with Gasteiger partial charge < -0.3 is 9.84 Å². The lowest BCUT2D eigenvalue weighted by atomic mass is 9.94. The molecule has 0 aliphatic carbocycles. The molecule has 1 atom stereocenters. The van der Waals surface area contributed by atoms with Crippen LogP contribution < -0.4 is 9.64 Å². The number of nitrogens with zero attached hydrogens (tertiary/aromatic N) is 2. The Bertz CT molecular complexity index is 1510. The molecule has 188 valence electrons. The molecule has 7 heteroatoms. The van der Waals surface area contributed by atoms with Crippen molar-refractivity contribution < 1.29 is 19.4 Å². The molecule has 1 aliphatic heterocycles. The van der Waals surface area contributed by atoms with Gasteiger partial charge in [0.15, 0.2) is 5.13 Å².